The Hall–Kier alpha value is -1.30. The maximum Gasteiger partial charge on any atom is 0.348 e. The first-order valence-electron chi connectivity index (χ1n) is 6.08. The number of nitriles is 1. The van der Waals surface area contributed by atoms with Crippen molar-refractivity contribution in [3.63, 3.8) is 0 Å². The van der Waals surface area contributed by atoms with Gasteiger partial charge in [0.1, 0.15) is 11.6 Å². The Kier molecular flexibility index (Phi) is 3.28. The highest BCUT2D eigenvalue weighted by molar-refractivity contribution is 5.94. The van der Waals surface area contributed by atoms with Gasteiger partial charge < -0.3 is 4.74 Å². The smallest absolute Gasteiger partial charge is 0.348 e. The molecule has 16 heavy (non-hydrogen) atoms. The molecule has 2 rings (SSSR count). The van der Waals surface area contributed by atoms with Gasteiger partial charge in [-0.2, -0.15) is 5.26 Å². The molecule has 0 aliphatic heterocycles. The van der Waals surface area contributed by atoms with Gasteiger partial charge in [0.25, 0.3) is 0 Å². The second-order valence-corrected chi connectivity index (χ2v) is 4.59. The van der Waals surface area contributed by atoms with Gasteiger partial charge in [0.2, 0.25) is 0 Å². The molecule has 0 bridgehead atoms. The van der Waals surface area contributed by atoms with E-state index in [9.17, 15) is 4.79 Å². The summed E-state index contributed by atoms with van der Waals surface area (Å²) in [6.45, 7) is 2.10. The van der Waals surface area contributed by atoms with E-state index in [1.165, 1.54) is 19.3 Å². The molecule has 0 saturated heterocycles. The van der Waals surface area contributed by atoms with E-state index in [0.717, 1.165) is 24.3 Å². The summed E-state index contributed by atoms with van der Waals surface area (Å²) in [4.78, 5) is 11.6. The lowest BCUT2D eigenvalue weighted by Gasteiger charge is -2.43. The minimum atomic E-state index is -0.427. The van der Waals surface area contributed by atoms with Gasteiger partial charge in [0, 0.05) is 0 Å². The van der Waals surface area contributed by atoms with Crippen molar-refractivity contribution in [2.75, 3.05) is 6.61 Å². The molecule has 0 aromatic rings. The average molecular weight is 219 g/mol. The number of rotatable bonds is 2. The summed E-state index contributed by atoms with van der Waals surface area (Å²) in [7, 11) is 0. The SMILES string of the molecule is CCOC(=O)C(C#N)=C1CC2CCCCC12. The van der Waals surface area contributed by atoms with Crippen LogP contribution >= 0.6 is 0 Å². The lowest BCUT2D eigenvalue weighted by molar-refractivity contribution is -0.138. The first kappa shape index (κ1) is 11.2. The van der Waals surface area contributed by atoms with Gasteiger partial charge >= 0.3 is 5.97 Å². The van der Waals surface area contributed by atoms with Crippen LogP contribution in [0.2, 0.25) is 0 Å². The molecular formula is C13H17NO2. The molecule has 3 heteroatoms. The quantitative estimate of drug-likeness (QED) is 0.407. The second-order valence-electron chi connectivity index (χ2n) is 4.59. The molecule has 2 atom stereocenters. The number of ether oxygens (including phenoxy) is 1. The highest BCUT2D eigenvalue weighted by Crippen LogP contribution is 2.50. The van der Waals surface area contributed by atoms with Crippen LogP contribution < -0.4 is 0 Å². The molecule has 0 heterocycles. The summed E-state index contributed by atoms with van der Waals surface area (Å²) in [5.74, 6) is 0.790. The van der Waals surface area contributed by atoms with Crippen LogP contribution in [0.1, 0.15) is 39.0 Å². The standard InChI is InChI=1S/C13H17NO2/c1-2-16-13(15)12(8-14)11-7-9-5-3-4-6-10(9)11/h9-10H,2-7H2,1H3. The molecule has 2 saturated carbocycles. The minimum absolute atomic E-state index is 0.282. The van der Waals surface area contributed by atoms with E-state index in [1.54, 1.807) is 6.92 Å². The molecule has 2 unspecified atom stereocenters. The molecule has 3 nitrogen and oxygen atoms in total. The summed E-state index contributed by atoms with van der Waals surface area (Å²) in [5, 5.41) is 9.04. The van der Waals surface area contributed by atoms with Gasteiger partial charge in [-0.3, -0.25) is 0 Å². The van der Waals surface area contributed by atoms with Gasteiger partial charge in [-0.25, -0.2) is 4.79 Å². The van der Waals surface area contributed by atoms with Crippen LogP contribution in [0.4, 0.5) is 0 Å². The lowest BCUT2D eigenvalue weighted by atomic mass is 9.61. The molecule has 86 valence electrons. The first-order chi connectivity index (χ1) is 7.77. The predicted molar refractivity (Wildman–Crippen MR) is 59.3 cm³/mol. The Bertz CT molecular complexity index is 365. The Balaban J connectivity index is 2.14. The van der Waals surface area contributed by atoms with Crippen molar-refractivity contribution in [3.05, 3.63) is 11.1 Å². The maximum absolute atomic E-state index is 11.6. The second kappa shape index (κ2) is 4.69. The molecular weight excluding hydrogens is 202 g/mol. The largest absolute Gasteiger partial charge is 0.462 e. The fourth-order valence-electron chi connectivity index (χ4n) is 2.92. The number of hydrogen-bond acceptors (Lipinski definition) is 3. The monoisotopic (exact) mass is 219 g/mol. The molecule has 0 N–H and O–H groups in total. The Morgan fingerprint density at radius 3 is 2.88 bits per heavy atom. The topological polar surface area (TPSA) is 50.1 Å². The number of fused-ring (bicyclic) bond motifs is 1. The summed E-state index contributed by atoms with van der Waals surface area (Å²) in [6.07, 6.45) is 5.87. The Morgan fingerprint density at radius 2 is 2.25 bits per heavy atom. The van der Waals surface area contributed by atoms with Crippen molar-refractivity contribution < 1.29 is 9.53 Å². The van der Waals surface area contributed by atoms with E-state index in [0.29, 0.717) is 12.5 Å². The Morgan fingerprint density at radius 1 is 1.50 bits per heavy atom. The number of nitrogens with zero attached hydrogens (tertiary/aromatic N) is 1. The van der Waals surface area contributed by atoms with Gasteiger partial charge in [-0.1, -0.05) is 12.8 Å². The Labute approximate surface area is 96.1 Å². The number of allylic oxidation sites excluding steroid dienone is 1. The van der Waals surface area contributed by atoms with E-state index in [2.05, 4.69) is 0 Å². The highest BCUT2D eigenvalue weighted by Gasteiger charge is 2.40. The van der Waals surface area contributed by atoms with E-state index in [1.807, 2.05) is 6.07 Å². The minimum Gasteiger partial charge on any atom is -0.462 e. The van der Waals surface area contributed by atoms with Crippen LogP contribution in [-0.4, -0.2) is 12.6 Å². The van der Waals surface area contributed by atoms with Gasteiger partial charge in [-0.15, -0.1) is 0 Å². The summed E-state index contributed by atoms with van der Waals surface area (Å²) in [5.41, 5.74) is 1.34. The van der Waals surface area contributed by atoms with Crippen molar-refractivity contribution in [1.82, 2.24) is 0 Å². The zero-order valence-corrected chi connectivity index (χ0v) is 9.66. The predicted octanol–water partition coefficient (Wildman–Crippen LogP) is 2.58. The number of hydrogen-bond donors (Lipinski definition) is 0. The fraction of sp³-hybridized carbons (Fsp3) is 0.692. The normalized spacial score (nSPS) is 30.8. The third-order valence-electron chi connectivity index (χ3n) is 3.75. The third kappa shape index (κ3) is 1.84. The number of esters is 1. The van der Waals surface area contributed by atoms with Crippen LogP contribution in [0.15, 0.2) is 11.1 Å². The van der Waals surface area contributed by atoms with E-state index in [4.69, 9.17) is 10.00 Å². The molecule has 2 fully saturated rings. The third-order valence-corrected chi connectivity index (χ3v) is 3.75. The van der Waals surface area contributed by atoms with Crippen molar-refractivity contribution in [1.29, 1.82) is 5.26 Å². The lowest BCUT2D eigenvalue weighted by Crippen LogP contribution is -2.34. The fourth-order valence-corrected chi connectivity index (χ4v) is 2.92. The summed E-state index contributed by atoms with van der Waals surface area (Å²) in [6, 6.07) is 2.03. The molecule has 0 spiro atoms. The first-order valence-corrected chi connectivity index (χ1v) is 6.08. The van der Waals surface area contributed by atoms with Crippen molar-refractivity contribution in [2.24, 2.45) is 11.8 Å². The van der Waals surface area contributed by atoms with Gasteiger partial charge in [0.05, 0.1) is 6.61 Å². The van der Waals surface area contributed by atoms with Crippen molar-refractivity contribution in [2.45, 2.75) is 39.0 Å². The van der Waals surface area contributed by atoms with Gasteiger partial charge in [0.15, 0.2) is 0 Å². The average Bonchev–Trinajstić information content (AvgIpc) is 2.26. The molecule has 0 aromatic heterocycles. The molecule has 0 amide bonds. The zero-order valence-electron chi connectivity index (χ0n) is 9.66. The zero-order chi connectivity index (χ0) is 11.5. The highest BCUT2D eigenvalue weighted by atomic mass is 16.5. The van der Waals surface area contributed by atoms with Crippen LogP contribution in [-0.2, 0) is 9.53 Å². The van der Waals surface area contributed by atoms with Crippen LogP contribution in [0, 0.1) is 23.2 Å². The van der Waals surface area contributed by atoms with Crippen molar-refractivity contribution in [3.8, 4) is 6.07 Å². The van der Waals surface area contributed by atoms with Crippen molar-refractivity contribution >= 4 is 5.97 Å². The van der Waals surface area contributed by atoms with Crippen LogP contribution in [0.25, 0.3) is 0 Å². The molecule has 0 radical (unpaired) electrons. The summed E-state index contributed by atoms with van der Waals surface area (Å²) >= 11 is 0. The van der Waals surface area contributed by atoms with Crippen LogP contribution in [0.3, 0.4) is 0 Å². The number of carbonyl (C=O) groups is 1. The molecule has 2 aliphatic carbocycles. The molecule has 2 aliphatic rings. The maximum atomic E-state index is 11.6. The van der Waals surface area contributed by atoms with Crippen LogP contribution in [0.5, 0.6) is 0 Å². The van der Waals surface area contributed by atoms with E-state index < -0.39 is 5.97 Å². The summed E-state index contributed by atoms with van der Waals surface area (Å²) < 4.78 is 4.91. The van der Waals surface area contributed by atoms with E-state index in [-0.39, 0.29) is 5.57 Å². The van der Waals surface area contributed by atoms with E-state index >= 15 is 0 Å². The molecule has 0 aromatic carbocycles. The van der Waals surface area contributed by atoms with Gasteiger partial charge in [-0.05, 0) is 43.6 Å². The number of carbonyl (C=O) groups excluding carboxylic acids is 1.